The Morgan fingerprint density at radius 1 is 1.03 bits per heavy atom. The summed E-state index contributed by atoms with van der Waals surface area (Å²) in [7, 11) is 3.06. The number of likely N-dealkylation sites (N-methyl/N-ethyl adjacent to an activating group) is 1. The number of carboxylic acid groups (broad SMARTS) is 1. The van der Waals surface area contributed by atoms with E-state index >= 15 is 0 Å². The third kappa shape index (κ3) is 7.19. The first kappa shape index (κ1) is 25.8. The van der Waals surface area contributed by atoms with E-state index in [0.29, 0.717) is 12.8 Å². The zero-order chi connectivity index (χ0) is 24.0. The monoisotopic (exact) mass is 445 g/mol. The molecule has 1 fully saturated rings. The summed E-state index contributed by atoms with van der Waals surface area (Å²) in [6.45, 7) is 6.00. The van der Waals surface area contributed by atoms with Gasteiger partial charge >= 0.3 is 24.2 Å². The fourth-order valence-electron chi connectivity index (χ4n) is 2.49. The van der Waals surface area contributed by atoms with Gasteiger partial charge in [-0.3, -0.25) is 9.69 Å². The molecule has 1 rings (SSSR count). The molecule has 13 nitrogen and oxygen atoms in total. The van der Waals surface area contributed by atoms with Crippen molar-refractivity contribution in [2.24, 2.45) is 0 Å². The molecule has 4 N–H and O–H groups in total. The maximum atomic E-state index is 12.5. The van der Waals surface area contributed by atoms with E-state index in [1.54, 1.807) is 0 Å². The first-order valence-electron chi connectivity index (χ1n) is 9.63. The molecule has 1 aliphatic heterocycles. The van der Waals surface area contributed by atoms with Crippen LogP contribution in [0.3, 0.4) is 0 Å². The largest absolute Gasteiger partial charge is 0.480 e. The Kier molecular flexibility index (Phi) is 8.46. The van der Waals surface area contributed by atoms with Crippen molar-refractivity contribution in [3.63, 3.8) is 0 Å². The lowest BCUT2D eigenvalue weighted by Gasteiger charge is -2.40. The number of carboxylic acids is 1. The van der Waals surface area contributed by atoms with Gasteiger partial charge in [0.15, 0.2) is 0 Å². The van der Waals surface area contributed by atoms with E-state index in [1.165, 1.54) is 46.7 Å². The number of carbonyl (C=O) groups is 5. The van der Waals surface area contributed by atoms with Gasteiger partial charge in [-0.1, -0.05) is 0 Å². The van der Waals surface area contributed by atoms with Crippen LogP contribution in [-0.4, -0.2) is 89.4 Å². The van der Waals surface area contributed by atoms with E-state index in [1.807, 2.05) is 10.9 Å². The predicted molar refractivity (Wildman–Crippen MR) is 107 cm³/mol. The third-order valence-electron chi connectivity index (χ3n) is 5.09. The molecule has 1 heterocycles. The topological polar surface area (TPSA) is 167 Å². The fourth-order valence-corrected chi connectivity index (χ4v) is 2.49. The Balaban J connectivity index is 2.59. The average molecular weight is 445 g/mol. The summed E-state index contributed by atoms with van der Waals surface area (Å²) < 4.78 is 10.7. The molecule has 0 aromatic rings. The molecule has 0 radical (unpaired) electrons. The number of likely N-dealkylation sites (tertiary alicyclic amines) is 1. The van der Waals surface area contributed by atoms with Crippen molar-refractivity contribution in [2.45, 2.75) is 57.8 Å². The van der Waals surface area contributed by atoms with Crippen molar-refractivity contribution in [2.75, 3.05) is 27.2 Å². The minimum Gasteiger partial charge on any atom is -0.480 e. The molecule has 0 unspecified atom stereocenters. The second-order valence-electron chi connectivity index (χ2n) is 8.19. The first-order valence-corrected chi connectivity index (χ1v) is 9.63. The molecule has 1 atom stereocenters. The number of ether oxygens (including phenoxy) is 2. The molecule has 0 spiro atoms. The van der Waals surface area contributed by atoms with Crippen molar-refractivity contribution in [3.8, 4) is 0 Å². The van der Waals surface area contributed by atoms with Gasteiger partial charge in [-0.15, -0.1) is 0 Å². The maximum absolute atomic E-state index is 12.5. The van der Waals surface area contributed by atoms with Gasteiger partial charge in [-0.05, 0) is 40.5 Å². The number of amides is 5. The Bertz CT molecular complexity index is 722. The minimum atomic E-state index is -1.36. The number of rotatable bonds is 6. The highest BCUT2D eigenvalue weighted by Gasteiger charge is 2.46. The summed E-state index contributed by atoms with van der Waals surface area (Å²) in [5, 5.41) is 11.5. The van der Waals surface area contributed by atoms with E-state index in [4.69, 9.17) is 9.47 Å². The molecule has 176 valence electrons. The number of hydrogen-bond acceptors (Lipinski definition) is 7. The number of carbonyl (C=O) groups excluding carboxylic acids is 4. The van der Waals surface area contributed by atoms with Crippen molar-refractivity contribution in [1.29, 1.82) is 0 Å². The molecule has 13 heteroatoms. The lowest BCUT2D eigenvalue weighted by atomic mass is 9.89. The molecular weight excluding hydrogens is 414 g/mol. The van der Waals surface area contributed by atoms with Crippen LogP contribution >= 0.6 is 0 Å². The molecule has 0 aliphatic carbocycles. The molecular formula is C18H31N5O8. The van der Waals surface area contributed by atoms with E-state index in [9.17, 15) is 29.1 Å². The molecule has 1 aliphatic rings. The summed E-state index contributed by atoms with van der Waals surface area (Å²) in [4.78, 5) is 61.3. The fraction of sp³-hybridized carbons (Fsp3) is 0.722. The van der Waals surface area contributed by atoms with E-state index in [-0.39, 0.29) is 19.0 Å². The van der Waals surface area contributed by atoms with E-state index in [2.05, 4.69) is 5.32 Å². The Hall–Kier alpha value is -3.25. The van der Waals surface area contributed by atoms with Crippen LogP contribution in [-0.2, 0) is 19.1 Å². The normalized spacial score (nSPS) is 16.2. The highest BCUT2D eigenvalue weighted by atomic mass is 16.6. The second kappa shape index (κ2) is 10.2. The zero-order valence-electron chi connectivity index (χ0n) is 18.6. The quantitative estimate of drug-likeness (QED) is 0.422. The molecule has 31 heavy (non-hydrogen) atoms. The van der Waals surface area contributed by atoms with E-state index in [0.717, 1.165) is 4.90 Å². The lowest BCUT2D eigenvalue weighted by Crippen LogP contribution is -2.56. The van der Waals surface area contributed by atoms with Crippen LogP contribution in [0.4, 0.5) is 14.4 Å². The first-order chi connectivity index (χ1) is 14.2. The van der Waals surface area contributed by atoms with Crippen molar-refractivity contribution in [1.82, 2.24) is 26.0 Å². The SMILES string of the molecule is CN(C)C(=O)CNC(=O)NNC(=O)OC(C)(C)C(C)(C)OC(=O)N1CCC[C@H]1C(=O)O. The number of hydrazine groups is 1. The lowest BCUT2D eigenvalue weighted by molar-refractivity contribution is -0.144. The zero-order valence-corrected chi connectivity index (χ0v) is 18.6. The van der Waals surface area contributed by atoms with Crippen LogP contribution in [0.2, 0.25) is 0 Å². The van der Waals surface area contributed by atoms with Gasteiger partial charge in [-0.2, -0.15) is 0 Å². The summed E-state index contributed by atoms with van der Waals surface area (Å²) in [5.41, 5.74) is 1.35. The molecule has 0 bridgehead atoms. The summed E-state index contributed by atoms with van der Waals surface area (Å²) in [6.07, 6.45) is -0.980. The maximum Gasteiger partial charge on any atom is 0.426 e. The smallest absolute Gasteiger partial charge is 0.426 e. The standard InChI is InChI=1S/C18H31N5O8/c1-17(2,30-15(28)21-20-14(27)19-10-12(24)22(5)6)18(3,4)31-16(29)23-9-7-8-11(23)13(25)26/h11H,7-10H2,1-6H3,(H,21,28)(H,25,26)(H2,19,20,27)/t11-/m0/s1. The molecule has 0 saturated carbocycles. The molecule has 1 saturated heterocycles. The molecule has 0 aromatic heterocycles. The second-order valence-corrected chi connectivity index (χ2v) is 8.19. The van der Waals surface area contributed by atoms with Crippen molar-refractivity contribution < 1.29 is 38.6 Å². The number of nitrogens with one attached hydrogen (secondary N) is 3. The Morgan fingerprint density at radius 2 is 1.61 bits per heavy atom. The van der Waals surface area contributed by atoms with E-state index < -0.39 is 41.4 Å². The summed E-state index contributed by atoms with van der Waals surface area (Å²) in [6, 6.07) is -1.79. The highest BCUT2D eigenvalue weighted by Crippen LogP contribution is 2.31. The van der Waals surface area contributed by atoms with Crippen LogP contribution in [0, 0.1) is 0 Å². The van der Waals surface area contributed by atoms with Crippen LogP contribution < -0.4 is 16.2 Å². The molecule has 5 amide bonds. The van der Waals surface area contributed by atoms with Gasteiger partial charge in [0.2, 0.25) is 5.91 Å². The van der Waals surface area contributed by atoms with Crippen molar-refractivity contribution >= 4 is 30.1 Å². The van der Waals surface area contributed by atoms with Gasteiger partial charge in [0.05, 0.1) is 6.54 Å². The summed E-state index contributed by atoms with van der Waals surface area (Å²) in [5.74, 6) is -1.45. The van der Waals surface area contributed by atoms with Crippen LogP contribution in [0.25, 0.3) is 0 Å². The van der Waals surface area contributed by atoms with Crippen LogP contribution in [0.15, 0.2) is 0 Å². The molecule has 0 aromatic carbocycles. The number of hydrogen-bond donors (Lipinski definition) is 4. The summed E-state index contributed by atoms with van der Waals surface area (Å²) >= 11 is 0. The van der Waals surface area contributed by atoms with Gasteiger partial charge in [0, 0.05) is 20.6 Å². The number of aliphatic carboxylic acids is 1. The van der Waals surface area contributed by atoms with Gasteiger partial charge in [0.25, 0.3) is 0 Å². The van der Waals surface area contributed by atoms with Gasteiger partial charge in [-0.25, -0.2) is 30.0 Å². The third-order valence-corrected chi connectivity index (χ3v) is 5.09. The minimum absolute atomic E-state index is 0.253. The number of urea groups is 1. The Morgan fingerprint density at radius 3 is 2.16 bits per heavy atom. The predicted octanol–water partition coefficient (Wildman–Crippen LogP) is 0.258. The van der Waals surface area contributed by atoms with Crippen LogP contribution in [0.5, 0.6) is 0 Å². The number of nitrogens with zero attached hydrogens (tertiary/aromatic N) is 2. The van der Waals surface area contributed by atoms with Crippen molar-refractivity contribution in [3.05, 3.63) is 0 Å². The van der Waals surface area contributed by atoms with Gasteiger partial charge in [0.1, 0.15) is 17.2 Å². The Labute approximate surface area is 180 Å². The van der Waals surface area contributed by atoms with Gasteiger partial charge < -0.3 is 24.8 Å². The average Bonchev–Trinajstić information content (AvgIpc) is 3.13. The van der Waals surface area contributed by atoms with Crippen LogP contribution in [0.1, 0.15) is 40.5 Å². The highest BCUT2D eigenvalue weighted by molar-refractivity contribution is 5.84.